The first-order valence-corrected chi connectivity index (χ1v) is 8.83. The van der Waals surface area contributed by atoms with Gasteiger partial charge in [0.1, 0.15) is 5.82 Å². The number of amides is 1. The topological polar surface area (TPSA) is 88.5 Å². The molecule has 1 atom stereocenters. The first kappa shape index (κ1) is 16.5. The summed E-state index contributed by atoms with van der Waals surface area (Å²) in [7, 11) is 0. The maximum atomic E-state index is 12.5. The number of benzene rings is 2. The van der Waals surface area contributed by atoms with Crippen LogP contribution in [0.3, 0.4) is 0 Å². The molecule has 0 saturated heterocycles. The van der Waals surface area contributed by atoms with Crippen molar-refractivity contribution in [2.75, 3.05) is 0 Å². The van der Waals surface area contributed by atoms with Gasteiger partial charge in [-0.05, 0) is 37.3 Å². The molecule has 7 nitrogen and oxygen atoms in total. The molecule has 0 aliphatic heterocycles. The molecular weight excluding hydrogens is 396 g/mol. The number of carbonyl (C=O) groups is 1. The lowest BCUT2D eigenvalue weighted by molar-refractivity contribution is 0.0933. The van der Waals surface area contributed by atoms with E-state index in [0.29, 0.717) is 5.82 Å². The van der Waals surface area contributed by atoms with Crippen molar-refractivity contribution in [2.45, 2.75) is 13.0 Å². The fourth-order valence-corrected chi connectivity index (χ4v) is 3.02. The van der Waals surface area contributed by atoms with E-state index in [1.165, 1.54) is 0 Å². The highest BCUT2D eigenvalue weighted by Gasteiger charge is 2.17. The summed E-state index contributed by atoms with van der Waals surface area (Å²) < 4.78 is 2.49. The van der Waals surface area contributed by atoms with Crippen LogP contribution in [0.15, 0.2) is 59.2 Å². The number of H-pyrrole nitrogens is 1. The van der Waals surface area contributed by atoms with Gasteiger partial charge in [0, 0.05) is 4.47 Å². The van der Waals surface area contributed by atoms with Gasteiger partial charge in [0.2, 0.25) is 0 Å². The summed E-state index contributed by atoms with van der Waals surface area (Å²) in [5.41, 5.74) is 2.86. The van der Waals surface area contributed by atoms with E-state index < -0.39 is 0 Å². The van der Waals surface area contributed by atoms with E-state index in [4.69, 9.17) is 0 Å². The maximum Gasteiger partial charge on any atom is 0.274 e. The van der Waals surface area contributed by atoms with Crippen molar-refractivity contribution >= 4 is 32.9 Å². The van der Waals surface area contributed by atoms with Crippen molar-refractivity contribution in [1.29, 1.82) is 0 Å². The van der Waals surface area contributed by atoms with Gasteiger partial charge in [0.15, 0.2) is 5.69 Å². The summed E-state index contributed by atoms with van der Waals surface area (Å²) in [5, 5.41) is 10.9. The Balaban J connectivity index is 1.51. The van der Waals surface area contributed by atoms with Crippen LogP contribution in [0.4, 0.5) is 0 Å². The predicted molar refractivity (Wildman–Crippen MR) is 101 cm³/mol. The summed E-state index contributed by atoms with van der Waals surface area (Å²) in [6.45, 7) is 1.87. The number of nitrogens with one attached hydrogen (secondary N) is 2. The van der Waals surface area contributed by atoms with E-state index in [0.717, 1.165) is 21.2 Å². The van der Waals surface area contributed by atoms with Crippen molar-refractivity contribution < 1.29 is 4.79 Å². The van der Waals surface area contributed by atoms with Crippen molar-refractivity contribution in [3.8, 4) is 5.69 Å². The number of rotatable bonds is 4. The van der Waals surface area contributed by atoms with Crippen LogP contribution in [0.25, 0.3) is 16.7 Å². The Morgan fingerprint density at radius 1 is 1.23 bits per heavy atom. The molecule has 1 amide bonds. The van der Waals surface area contributed by atoms with Gasteiger partial charge >= 0.3 is 0 Å². The van der Waals surface area contributed by atoms with Gasteiger partial charge < -0.3 is 10.3 Å². The number of aromatic amines is 1. The van der Waals surface area contributed by atoms with E-state index in [1.807, 2.05) is 55.5 Å². The number of nitrogens with zero attached hydrogens (tertiary/aromatic N) is 4. The summed E-state index contributed by atoms with van der Waals surface area (Å²) in [5.74, 6) is 0.387. The van der Waals surface area contributed by atoms with Crippen LogP contribution in [-0.2, 0) is 0 Å². The molecule has 2 N–H and O–H groups in total. The molecule has 0 aliphatic carbocycles. The van der Waals surface area contributed by atoms with Crippen LogP contribution in [-0.4, -0.2) is 30.9 Å². The van der Waals surface area contributed by atoms with Crippen LogP contribution in [0.5, 0.6) is 0 Å². The summed E-state index contributed by atoms with van der Waals surface area (Å²) >= 11 is 3.42. The van der Waals surface area contributed by atoms with Crippen LogP contribution in [0.1, 0.15) is 29.3 Å². The minimum absolute atomic E-state index is 0.243. The van der Waals surface area contributed by atoms with Gasteiger partial charge in [-0.1, -0.05) is 39.3 Å². The third-order valence-electron chi connectivity index (χ3n) is 3.96. The number of para-hydroxylation sites is 2. The Labute approximate surface area is 157 Å². The van der Waals surface area contributed by atoms with E-state index >= 15 is 0 Å². The Morgan fingerprint density at radius 3 is 2.88 bits per heavy atom. The lowest BCUT2D eigenvalue weighted by atomic mass is 10.3. The summed E-state index contributed by atoms with van der Waals surface area (Å²) in [6.07, 6.45) is 1.60. The molecule has 1 unspecified atom stereocenters. The maximum absolute atomic E-state index is 12.5. The first-order valence-electron chi connectivity index (χ1n) is 8.04. The van der Waals surface area contributed by atoms with E-state index in [1.54, 1.807) is 10.9 Å². The molecular formula is C18H15BrN6O. The zero-order valence-corrected chi connectivity index (χ0v) is 15.4. The predicted octanol–water partition coefficient (Wildman–Crippen LogP) is 3.40. The van der Waals surface area contributed by atoms with Gasteiger partial charge in [-0.15, -0.1) is 5.10 Å². The molecule has 2 aromatic heterocycles. The highest BCUT2D eigenvalue weighted by molar-refractivity contribution is 9.10. The average Bonchev–Trinajstić information content (AvgIpc) is 3.29. The molecule has 0 saturated carbocycles. The molecule has 2 heterocycles. The van der Waals surface area contributed by atoms with Gasteiger partial charge in [-0.2, -0.15) is 0 Å². The van der Waals surface area contributed by atoms with Gasteiger partial charge in [0.25, 0.3) is 5.91 Å². The largest absolute Gasteiger partial charge is 0.341 e. The third kappa shape index (κ3) is 3.23. The molecule has 0 fully saturated rings. The minimum atomic E-state index is -0.306. The quantitative estimate of drug-likeness (QED) is 0.539. The molecule has 4 aromatic rings. The number of fused-ring (bicyclic) bond motifs is 1. The normalized spacial score (nSPS) is 12.2. The van der Waals surface area contributed by atoms with Crippen LogP contribution in [0, 0.1) is 0 Å². The molecule has 4 rings (SSSR count). The van der Waals surface area contributed by atoms with E-state index in [9.17, 15) is 4.79 Å². The second-order valence-corrected chi connectivity index (χ2v) is 6.78. The summed E-state index contributed by atoms with van der Waals surface area (Å²) in [4.78, 5) is 20.2. The van der Waals surface area contributed by atoms with Crippen molar-refractivity contribution in [2.24, 2.45) is 0 Å². The highest BCUT2D eigenvalue weighted by atomic mass is 79.9. The van der Waals surface area contributed by atoms with Crippen molar-refractivity contribution in [3.05, 3.63) is 70.7 Å². The van der Waals surface area contributed by atoms with Gasteiger partial charge in [-0.25, -0.2) is 9.67 Å². The lowest BCUT2D eigenvalue weighted by Crippen LogP contribution is -2.27. The number of imidazole rings is 1. The minimum Gasteiger partial charge on any atom is -0.341 e. The SMILES string of the molecule is CC(NC(=O)c1cn(-c2cccc(Br)c2)nn1)c1nc2ccccc2[nH]1. The average molecular weight is 411 g/mol. The van der Waals surface area contributed by atoms with Gasteiger partial charge in [-0.3, -0.25) is 4.79 Å². The smallest absolute Gasteiger partial charge is 0.274 e. The highest BCUT2D eigenvalue weighted by Crippen LogP contribution is 2.17. The Hall–Kier alpha value is -3.00. The summed E-state index contributed by atoms with van der Waals surface area (Å²) in [6, 6.07) is 15.0. The van der Waals surface area contributed by atoms with Crippen LogP contribution < -0.4 is 5.32 Å². The van der Waals surface area contributed by atoms with Crippen molar-refractivity contribution in [1.82, 2.24) is 30.3 Å². The molecule has 0 spiro atoms. The molecule has 2 aromatic carbocycles. The third-order valence-corrected chi connectivity index (χ3v) is 4.46. The number of aromatic nitrogens is 5. The molecule has 130 valence electrons. The lowest BCUT2D eigenvalue weighted by Gasteiger charge is -2.09. The van der Waals surface area contributed by atoms with Crippen LogP contribution >= 0.6 is 15.9 Å². The fourth-order valence-electron chi connectivity index (χ4n) is 2.63. The Bertz CT molecular complexity index is 1050. The molecule has 8 heteroatoms. The zero-order valence-electron chi connectivity index (χ0n) is 13.8. The number of halogens is 1. The number of hydrogen-bond donors (Lipinski definition) is 2. The second kappa shape index (κ2) is 6.72. The zero-order chi connectivity index (χ0) is 18.1. The Kier molecular flexibility index (Phi) is 4.26. The van der Waals surface area contributed by atoms with Gasteiger partial charge in [0.05, 0.1) is 29.0 Å². The standard InChI is InChI=1S/C18H15BrN6O/c1-11(17-21-14-7-2-3-8-15(14)22-17)20-18(26)16-10-25(24-23-16)13-6-4-5-12(19)9-13/h2-11H,1H3,(H,20,26)(H,21,22). The monoisotopic (exact) mass is 410 g/mol. The van der Waals surface area contributed by atoms with E-state index in [2.05, 4.69) is 41.5 Å². The van der Waals surface area contributed by atoms with E-state index in [-0.39, 0.29) is 17.6 Å². The molecule has 0 aliphatic rings. The van der Waals surface area contributed by atoms with Crippen LogP contribution in [0.2, 0.25) is 0 Å². The molecule has 0 radical (unpaired) electrons. The van der Waals surface area contributed by atoms with Crippen molar-refractivity contribution in [3.63, 3.8) is 0 Å². The second-order valence-electron chi connectivity index (χ2n) is 5.86. The first-order chi connectivity index (χ1) is 12.6. The molecule has 0 bridgehead atoms. The fraction of sp³-hybridized carbons (Fsp3) is 0.111. The number of hydrogen-bond acceptors (Lipinski definition) is 4. The number of carbonyl (C=O) groups excluding carboxylic acids is 1. The molecule has 26 heavy (non-hydrogen) atoms. The Morgan fingerprint density at radius 2 is 2.08 bits per heavy atom.